The van der Waals surface area contributed by atoms with Gasteiger partial charge in [0, 0.05) is 28.9 Å². The Kier molecular flexibility index (Phi) is 16.5. The molecule has 0 atom stereocenters. The first-order valence-corrected chi connectivity index (χ1v) is 7.40. The van der Waals surface area contributed by atoms with Crippen molar-refractivity contribution in [3.8, 4) is 0 Å². The summed E-state index contributed by atoms with van der Waals surface area (Å²) in [7, 11) is 0. The van der Waals surface area contributed by atoms with Crippen LogP contribution in [0.25, 0.3) is 0 Å². The number of hydrogen-bond donors (Lipinski definition) is 2. The SMILES string of the molecule is C=C(CC(=O)O)C(=O)O.C=CC(=O)OC(=O)C(=C)C.C=CC(=O)OC(=O)C(=C)C. The van der Waals surface area contributed by atoms with Crippen molar-refractivity contribution >= 4 is 35.8 Å². The summed E-state index contributed by atoms with van der Waals surface area (Å²) in [4.78, 5) is 61.4. The maximum Gasteiger partial charge on any atom is 0.340 e. The molecule has 0 rings (SSSR count). The predicted octanol–water partition coefficient (Wildman–Crippen LogP) is 1.74. The first-order chi connectivity index (χ1) is 13.2. The third-order valence-corrected chi connectivity index (χ3v) is 2.08. The fourth-order valence-electron chi connectivity index (χ4n) is 0.698. The number of carbonyl (C=O) groups is 6. The van der Waals surface area contributed by atoms with E-state index in [0.29, 0.717) is 0 Å². The maximum absolute atomic E-state index is 10.5. The Morgan fingerprint density at radius 1 is 0.759 bits per heavy atom. The molecule has 29 heavy (non-hydrogen) atoms. The molecule has 0 unspecified atom stereocenters. The van der Waals surface area contributed by atoms with Crippen molar-refractivity contribution in [3.05, 3.63) is 61.8 Å². The molecule has 158 valence electrons. The van der Waals surface area contributed by atoms with Gasteiger partial charge in [0.1, 0.15) is 0 Å². The van der Waals surface area contributed by atoms with Crippen LogP contribution in [-0.4, -0.2) is 46.0 Å². The number of aliphatic carboxylic acids is 2. The zero-order valence-corrected chi connectivity index (χ0v) is 16.1. The lowest BCUT2D eigenvalue weighted by molar-refractivity contribution is -0.154. The van der Waals surface area contributed by atoms with E-state index in [2.05, 4.69) is 42.4 Å². The van der Waals surface area contributed by atoms with Crippen molar-refractivity contribution < 1.29 is 48.5 Å². The highest BCUT2D eigenvalue weighted by Crippen LogP contribution is 1.96. The number of rotatable bonds is 7. The lowest BCUT2D eigenvalue weighted by Crippen LogP contribution is -2.09. The second-order valence-corrected chi connectivity index (χ2v) is 4.87. The van der Waals surface area contributed by atoms with E-state index in [1.54, 1.807) is 0 Å². The first-order valence-electron chi connectivity index (χ1n) is 7.40. The van der Waals surface area contributed by atoms with Crippen molar-refractivity contribution in [3.63, 3.8) is 0 Å². The van der Waals surface area contributed by atoms with E-state index in [0.717, 1.165) is 12.2 Å². The van der Waals surface area contributed by atoms with Crippen molar-refractivity contribution in [1.29, 1.82) is 0 Å². The summed E-state index contributed by atoms with van der Waals surface area (Å²) in [5, 5.41) is 16.1. The molecule has 0 radical (unpaired) electrons. The standard InChI is InChI=1S/2C7H8O3.C5H6O4/c2*1-4-6(8)10-7(9)5(2)3;1-3(5(8)9)2-4(6)7/h2*4H,1-2H2,3H3;1-2H2,(H,6,7)(H,8,9). The molecule has 10 nitrogen and oxygen atoms in total. The Balaban J connectivity index is -0.000000350. The Morgan fingerprint density at radius 3 is 1.21 bits per heavy atom. The Hall–Kier alpha value is -4.08. The summed E-state index contributed by atoms with van der Waals surface area (Å²) in [6.07, 6.45) is 1.33. The van der Waals surface area contributed by atoms with E-state index in [4.69, 9.17) is 10.2 Å². The quantitative estimate of drug-likeness (QED) is 0.359. The second-order valence-electron chi connectivity index (χ2n) is 4.87. The van der Waals surface area contributed by atoms with Crippen molar-refractivity contribution in [2.75, 3.05) is 0 Å². The van der Waals surface area contributed by atoms with Gasteiger partial charge in [0.2, 0.25) is 0 Å². The molecule has 0 saturated carbocycles. The molecular weight excluding hydrogens is 388 g/mol. The van der Waals surface area contributed by atoms with Gasteiger partial charge in [-0.25, -0.2) is 24.0 Å². The van der Waals surface area contributed by atoms with E-state index >= 15 is 0 Å². The Bertz CT molecular complexity index is 696. The Labute approximate surface area is 167 Å². The van der Waals surface area contributed by atoms with E-state index in [9.17, 15) is 28.8 Å². The highest BCUT2D eigenvalue weighted by molar-refractivity contribution is 5.99. The van der Waals surface area contributed by atoms with E-state index in [-0.39, 0.29) is 16.7 Å². The molecule has 0 spiro atoms. The van der Waals surface area contributed by atoms with Crippen LogP contribution in [-0.2, 0) is 38.2 Å². The van der Waals surface area contributed by atoms with Crippen molar-refractivity contribution in [2.45, 2.75) is 20.3 Å². The highest BCUT2D eigenvalue weighted by atomic mass is 16.6. The minimum absolute atomic E-state index is 0.190. The largest absolute Gasteiger partial charge is 0.481 e. The van der Waals surface area contributed by atoms with Gasteiger partial charge in [0.25, 0.3) is 0 Å². The Morgan fingerprint density at radius 2 is 1.07 bits per heavy atom. The lowest BCUT2D eigenvalue weighted by atomic mass is 10.2. The molecule has 0 amide bonds. The third-order valence-electron chi connectivity index (χ3n) is 2.08. The maximum atomic E-state index is 10.5. The molecule has 0 aliphatic heterocycles. The van der Waals surface area contributed by atoms with Gasteiger partial charge in [-0.1, -0.05) is 32.9 Å². The zero-order valence-electron chi connectivity index (χ0n) is 16.1. The molecule has 2 N–H and O–H groups in total. The van der Waals surface area contributed by atoms with Gasteiger partial charge in [0.15, 0.2) is 0 Å². The van der Waals surface area contributed by atoms with E-state index in [1.165, 1.54) is 13.8 Å². The number of esters is 4. The molecule has 0 aliphatic carbocycles. The van der Waals surface area contributed by atoms with E-state index in [1.807, 2.05) is 0 Å². The van der Waals surface area contributed by atoms with Gasteiger partial charge >= 0.3 is 35.8 Å². The molecule has 10 heteroatoms. The number of carboxylic acid groups (broad SMARTS) is 2. The third kappa shape index (κ3) is 20.1. The molecule has 0 aromatic heterocycles. The summed E-state index contributed by atoms with van der Waals surface area (Å²) >= 11 is 0. The molecular formula is C19H22O10. The summed E-state index contributed by atoms with van der Waals surface area (Å²) in [5.74, 6) is -5.39. The van der Waals surface area contributed by atoms with Crippen LogP contribution in [0.4, 0.5) is 0 Å². The smallest absolute Gasteiger partial charge is 0.340 e. The number of carbonyl (C=O) groups excluding carboxylic acids is 4. The summed E-state index contributed by atoms with van der Waals surface area (Å²) in [6, 6.07) is 0. The molecule has 0 fully saturated rings. The fourth-order valence-corrected chi connectivity index (χ4v) is 0.698. The van der Waals surface area contributed by atoms with E-state index < -0.39 is 42.2 Å². The lowest BCUT2D eigenvalue weighted by Gasteiger charge is -1.95. The normalized spacial score (nSPS) is 8.21. The van der Waals surface area contributed by atoms with Crippen LogP contribution in [0, 0.1) is 0 Å². The predicted molar refractivity (Wildman–Crippen MR) is 101 cm³/mol. The van der Waals surface area contributed by atoms with Gasteiger partial charge in [-0.3, -0.25) is 4.79 Å². The van der Waals surface area contributed by atoms with Gasteiger partial charge in [-0.15, -0.1) is 0 Å². The molecule has 0 aromatic carbocycles. The fraction of sp³-hybridized carbons (Fsp3) is 0.158. The first kappa shape index (κ1) is 29.7. The summed E-state index contributed by atoms with van der Waals surface area (Å²) in [5.41, 5.74) is 0.0768. The number of hydrogen-bond acceptors (Lipinski definition) is 8. The van der Waals surface area contributed by atoms with Crippen LogP contribution in [0.15, 0.2) is 61.8 Å². The minimum Gasteiger partial charge on any atom is -0.481 e. The van der Waals surface area contributed by atoms with Crippen LogP contribution >= 0.6 is 0 Å². The highest BCUT2D eigenvalue weighted by Gasteiger charge is 2.08. The van der Waals surface area contributed by atoms with Crippen LogP contribution < -0.4 is 0 Å². The van der Waals surface area contributed by atoms with Gasteiger partial charge in [0.05, 0.1) is 6.42 Å². The average Bonchev–Trinajstić information content (AvgIpc) is 2.61. The number of carboxylic acids is 2. The van der Waals surface area contributed by atoms with Gasteiger partial charge < -0.3 is 19.7 Å². The second kappa shape index (κ2) is 16.1. The monoisotopic (exact) mass is 410 g/mol. The molecule has 0 saturated heterocycles. The van der Waals surface area contributed by atoms with Crippen LogP contribution in [0.3, 0.4) is 0 Å². The molecule has 0 aromatic rings. The molecule has 0 bridgehead atoms. The topological polar surface area (TPSA) is 161 Å². The molecule has 0 heterocycles. The number of ether oxygens (including phenoxy) is 2. The van der Waals surface area contributed by atoms with Crippen molar-refractivity contribution in [2.24, 2.45) is 0 Å². The summed E-state index contributed by atoms with van der Waals surface area (Å²) < 4.78 is 8.33. The van der Waals surface area contributed by atoms with Gasteiger partial charge in [-0.05, 0) is 13.8 Å². The minimum atomic E-state index is -1.27. The van der Waals surface area contributed by atoms with Gasteiger partial charge in [-0.2, -0.15) is 0 Å². The van der Waals surface area contributed by atoms with Crippen molar-refractivity contribution in [1.82, 2.24) is 0 Å². The average molecular weight is 410 g/mol. The van der Waals surface area contributed by atoms with Crippen LogP contribution in [0.2, 0.25) is 0 Å². The van der Waals surface area contributed by atoms with Crippen LogP contribution in [0.5, 0.6) is 0 Å². The summed E-state index contributed by atoms with van der Waals surface area (Å²) in [6.45, 7) is 18.7. The molecule has 0 aliphatic rings. The zero-order chi connectivity index (χ0) is 23.7. The van der Waals surface area contributed by atoms with Crippen LogP contribution in [0.1, 0.15) is 20.3 Å².